The molecule has 5 aromatic rings. The van der Waals surface area contributed by atoms with Crippen molar-refractivity contribution >= 4 is 39.7 Å². The Morgan fingerprint density at radius 2 is 1.42 bits per heavy atom. The lowest BCUT2D eigenvalue weighted by Gasteiger charge is -2.12. The fourth-order valence-electron chi connectivity index (χ4n) is 3.40. The number of anilines is 2. The van der Waals surface area contributed by atoms with E-state index >= 15 is 0 Å². The summed E-state index contributed by atoms with van der Waals surface area (Å²) in [5.74, 6) is 2.05. The topological polar surface area (TPSA) is 85.4 Å². The van der Waals surface area contributed by atoms with Gasteiger partial charge in [0.1, 0.15) is 17.1 Å². The number of thiocarbonyl (C=S) groups is 1. The predicted molar refractivity (Wildman–Crippen MR) is 132 cm³/mol. The summed E-state index contributed by atoms with van der Waals surface area (Å²) in [6.07, 6.45) is 3.22. The van der Waals surface area contributed by atoms with E-state index < -0.39 is 0 Å². The van der Waals surface area contributed by atoms with Gasteiger partial charge in [-0.15, -0.1) is 0 Å². The zero-order valence-corrected chi connectivity index (χ0v) is 18.6. The van der Waals surface area contributed by atoms with Gasteiger partial charge in [-0.2, -0.15) is 0 Å². The Hall–Kier alpha value is -4.17. The largest absolute Gasteiger partial charge is 0.494 e. The van der Waals surface area contributed by atoms with Crippen LogP contribution < -0.4 is 15.4 Å². The van der Waals surface area contributed by atoms with Gasteiger partial charge in [0.2, 0.25) is 0 Å². The van der Waals surface area contributed by atoms with Gasteiger partial charge in [-0.05, 0) is 85.9 Å². The Bertz CT molecular complexity index is 1380. The maximum atomic E-state index is 5.59. The Morgan fingerprint density at radius 3 is 2.03 bits per heavy atom. The van der Waals surface area contributed by atoms with E-state index in [1.54, 1.807) is 12.5 Å². The molecule has 164 valence electrons. The molecule has 0 saturated carbocycles. The fraction of sp³-hybridized carbons (Fsp3) is 0.0800. The lowest BCUT2D eigenvalue weighted by atomic mass is 10.1. The number of rotatable bonds is 6. The fourth-order valence-corrected chi connectivity index (χ4v) is 3.63. The number of benzene rings is 2. The normalized spacial score (nSPS) is 10.8. The molecule has 0 aliphatic rings. The van der Waals surface area contributed by atoms with Crippen LogP contribution in [0, 0.1) is 0 Å². The van der Waals surface area contributed by atoms with Crippen molar-refractivity contribution in [1.29, 1.82) is 0 Å². The summed E-state index contributed by atoms with van der Waals surface area (Å²) in [7, 11) is 0. The van der Waals surface area contributed by atoms with Crippen LogP contribution in [0.1, 0.15) is 6.92 Å². The van der Waals surface area contributed by atoms with Crippen LogP contribution in [0.2, 0.25) is 0 Å². The van der Waals surface area contributed by atoms with E-state index in [0.29, 0.717) is 40.1 Å². The van der Waals surface area contributed by atoms with Gasteiger partial charge >= 0.3 is 0 Å². The third kappa shape index (κ3) is 4.56. The van der Waals surface area contributed by atoms with E-state index in [1.807, 2.05) is 73.7 Å². The third-order valence-corrected chi connectivity index (χ3v) is 5.06. The summed E-state index contributed by atoms with van der Waals surface area (Å²) >= 11 is 5.47. The highest BCUT2D eigenvalue weighted by Crippen LogP contribution is 2.32. The summed E-state index contributed by atoms with van der Waals surface area (Å²) in [6, 6.07) is 20.6. The lowest BCUT2D eigenvalue weighted by molar-refractivity contribution is 0.340. The van der Waals surface area contributed by atoms with Gasteiger partial charge in [0.15, 0.2) is 16.6 Å². The van der Waals surface area contributed by atoms with E-state index in [0.717, 1.165) is 22.6 Å². The highest BCUT2D eigenvalue weighted by molar-refractivity contribution is 7.80. The van der Waals surface area contributed by atoms with E-state index in [9.17, 15) is 0 Å². The molecule has 33 heavy (non-hydrogen) atoms. The number of furan rings is 2. The Morgan fingerprint density at radius 1 is 0.818 bits per heavy atom. The number of fused-ring (bicyclic) bond motifs is 1. The first-order valence-electron chi connectivity index (χ1n) is 10.4. The Labute approximate surface area is 195 Å². The first kappa shape index (κ1) is 20.7. The van der Waals surface area contributed by atoms with Crippen molar-refractivity contribution in [2.75, 3.05) is 17.2 Å². The molecule has 7 nitrogen and oxygen atoms in total. The molecule has 2 aromatic carbocycles. The highest BCUT2D eigenvalue weighted by atomic mass is 32.1. The molecule has 0 unspecified atom stereocenters. The maximum absolute atomic E-state index is 5.59. The molecular formula is C25H20N4O3S. The monoisotopic (exact) mass is 456 g/mol. The van der Waals surface area contributed by atoms with E-state index in [-0.39, 0.29) is 0 Å². The molecule has 0 aliphatic carbocycles. The molecule has 3 heterocycles. The molecule has 3 aromatic heterocycles. The number of aromatic nitrogens is 2. The minimum absolute atomic E-state index is 0.463. The smallest absolute Gasteiger partial charge is 0.175 e. The van der Waals surface area contributed by atoms with Gasteiger partial charge < -0.3 is 24.2 Å². The van der Waals surface area contributed by atoms with Crippen LogP contribution in [0.5, 0.6) is 5.75 Å². The summed E-state index contributed by atoms with van der Waals surface area (Å²) in [4.78, 5) is 9.60. The quantitative estimate of drug-likeness (QED) is 0.286. The number of hydrogen-bond acceptors (Lipinski definition) is 6. The first-order valence-corrected chi connectivity index (χ1v) is 10.8. The second-order valence-corrected chi connectivity index (χ2v) is 7.52. The van der Waals surface area contributed by atoms with E-state index in [1.165, 1.54) is 0 Å². The van der Waals surface area contributed by atoms with Crippen LogP contribution in [0.4, 0.5) is 11.4 Å². The van der Waals surface area contributed by atoms with Crippen molar-refractivity contribution in [2.24, 2.45) is 0 Å². The molecule has 0 atom stereocenters. The average Bonchev–Trinajstić information content (AvgIpc) is 3.54. The number of ether oxygens (including phenoxy) is 1. The Kier molecular flexibility index (Phi) is 5.73. The zero-order valence-electron chi connectivity index (χ0n) is 17.7. The van der Waals surface area contributed by atoms with Gasteiger partial charge in [-0.25, -0.2) is 9.97 Å². The van der Waals surface area contributed by atoms with Crippen molar-refractivity contribution in [3.05, 3.63) is 79.3 Å². The molecule has 0 aliphatic heterocycles. The lowest BCUT2D eigenvalue weighted by Crippen LogP contribution is -2.19. The molecule has 0 saturated heterocycles. The number of hydrogen-bond donors (Lipinski definition) is 2. The molecule has 0 amide bonds. The van der Waals surface area contributed by atoms with Gasteiger partial charge in [-0.3, -0.25) is 0 Å². The summed E-state index contributed by atoms with van der Waals surface area (Å²) in [5.41, 5.74) is 4.31. The summed E-state index contributed by atoms with van der Waals surface area (Å²) < 4.78 is 16.6. The molecule has 2 N–H and O–H groups in total. The van der Waals surface area contributed by atoms with Crippen LogP contribution in [0.3, 0.4) is 0 Å². The number of nitrogens with one attached hydrogen (secondary N) is 2. The predicted octanol–water partition coefficient (Wildman–Crippen LogP) is 6.36. The minimum Gasteiger partial charge on any atom is -0.494 e. The zero-order chi connectivity index (χ0) is 22.6. The molecule has 8 heteroatoms. The maximum Gasteiger partial charge on any atom is 0.175 e. The van der Waals surface area contributed by atoms with Crippen molar-refractivity contribution in [3.8, 4) is 28.7 Å². The summed E-state index contributed by atoms with van der Waals surface area (Å²) in [6.45, 7) is 2.58. The molecule has 0 fully saturated rings. The van der Waals surface area contributed by atoms with Gasteiger partial charge in [0, 0.05) is 11.4 Å². The SMILES string of the molecule is CCOc1ccc(NC(=S)Nc2ccc3nc(-c4ccco4)c(-c4ccco4)nc3c2)cc1. The minimum atomic E-state index is 0.463. The van der Waals surface area contributed by atoms with E-state index in [4.69, 9.17) is 35.8 Å². The number of nitrogens with zero attached hydrogens (tertiary/aromatic N) is 2. The first-order chi connectivity index (χ1) is 16.2. The second-order valence-electron chi connectivity index (χ2n) is 7.12. The van der Waals surface area contributed by atoms with Crippen LogP contribution in [-0.2, 0) is 0 Å². The van der Waals surface area contributed by atoms with Crippen molar-refractivity contribution < 1.29 is 13.6 Å². The average molecular weight is 457 g/mol. The molecule has 5 rings (SSSR count). The van der Waals surface area contributed by atoms with Crippen LogP contribution >= 0.6 is 12.2 Å². The van der Waals surface area contributed by atoms with Crippen LogP contribution in [0.15, 0.2) is 88.1 Å². The van der Waals surface area contributed by atoms with Crippen LogP contribution in [0.25, 0.3) is 33.9 Å². The van der Waals surface area contributed by atoms with Crippen LogP contribution in [-0.4, -0.2) is 21.7 Å². The summed E-state index contributed by atoms with van der Waals surface area (Å²) in [5, 5.41) is 6.83. The Balaban J connectivity index is 1.41. The second kappa shape index (κ2) is 9.13. The van der Waals surface area contributed by atoms with E-state index in [2.05, 4.69) is 10.6 Å². The van der Waals surface area contributed by atoms with Crippen molar-refractivity contribution in [2.45, 2.75) is 6.92 Å². The molecule has 0 spiro atoms. The molecule has 0 bridgehead atoms. The van der Waals surface area contributed by atoms with Gasteiger partial charge in [0.25, 0.3) is 0 Å². The highest BCUT2D eigenvalue weighted by Gasteiger charge is 2.17. The van der Waals surface area contributed by atoms with Crippen molar-refractivity contribution in [3.63, 3.8) is 0 Å². The molecular weight excluding hydrogens is 436 g/mol. The van der Waals surface area contributed by atoms with Gasteiger partial charge in [-0.1, -0.05) is 0 Å². The third-order valence-electron chi connectivity index (χ3n) is 4.85. The van der Waals surface area contributed by atoms with Crippen molar-refractivity contribution in [1.82, 2.24) is 9.97 Å². The standard InChI is InChI=1S/C25H20N4O3S/c1-2-30-18-10-7-16(8-11-18)26-25(33)27-17-9-12-19-20(15-17)29-24(22-6-4-14-32-22)23(28-19)21-5-3-13-31-21/h3-15H,2H2,1H3,(H2,26,27,33). The van der Waals surface area contributed by atoms with Gasteiger partial charge in [0.05, 0.1) is 30.2 Å². The molecule has 0 radical (unpaired) electrons.